The van der Waals surface area contributed by atoms with E-state index in [1.54, 1.807) is 53.0 Å². The Balaban J connectivity index is 1.58. The second-order valence-corrected chi connectivity index (χ2v) is 11.5. The van der Waals surface area contributed by atoms with Gasteiger partial charge in [0, 0.05) is 31.6 Å². The van der Waals surface area contributed by atoms with Gasteiger partial charge in [0.2, 0.25) is 0 Å². The van der Waals surface area contributed by atoms with Crippen LogP contribution in [0.25, 0.3) is 52.8 Å². The van der Waals surface area contributed by atoms with E-state index >= 15 is 4.39 Å². The van der Waals surface area contributed by atoms with Gasteiger partial charge in [-0.3, -0.25) is 0 Å². The first kappa shape index (κ1) is 25.2. The van der Waals surface area contributed by atoms with Gasteiger partial charge in [-0.1, -0.05) is 19.1 Å². The summed E-state index contributed by atoms with van der Waals surface area (Å²) in [6.45, 7) is 2.95. The van der Waals surface area contributed by atoms with Gasteiger partial charge in [-0.15, -0.1) is 34.0 Å². The van der Waals surface area contributed by atoms with Gasteiger partial charge in [-0.05, 0) is 54.5 Å². The lowest BCUT2D eigenvalue weighted by molar-refractivity contribution is 0.631. The number of allylic oxidation sites excluding steroid dienone is 2. The van der Waals surface area contributed by atoms with E-state index in [0.29, 0.717) is 11.1 Å². The number of hydrogen-bond acceptors (Lipinski definition) is 7. The summed E-state index contributed by atoms with van der Waals surface area (Å²) in [5, 5.41) is 36.0. The quantitative estimate of drug-likeness (QED) is 0.198. The van der Waals surface area contributed by atoms with Crippen LogP contribution in [0.15, 0.2) is 53.6 Å². The Bertz CT molecular complexity index is 1920. The molecule has 0 bridgehead atoms. The van der Waals surface area contributed by atoms with Crippen molar-refractivity contribution in [3.8, 4) is 44.5 Å². The van der Waals surface area contributed by atoms with Crippen molar-refractivity contribution in [3.05, 3.63) is 69.9 Å². The summed E-state index contributed by atoms with van der Waals surface area (Å²) in [7, 11) is 0. The number of thiophene rings is 3. The molecular formula is C29H16FN5S3. The number of rotatable bonds is 6. The van der Waals surface area contributed by atoms with E-state index in [1.807, 2.05) is 30.3 Å². The maximum atomic E-state index is 15.1. The first-order chi connectivity index (χ1) is 18.5. The molecule has 0 aliphatic heterocycles. The molecule has 9 heteroatoms. The topological polar surface area (TPSA) is 100 Å². The largest absolute Gasteiger partial charge is 0.339 e. The standard InChI is InChI=1S/C29H16FN5S3/c1-2-7-35-23-11-26(21-5-3-17(10-22(21)30)8-18(13-31)14-32)37-28(23)29-24(35)12-27(38-29)25-6-4-20(36-25)9-19(15-33)16-34/h3-6,8-12H,2,7H2,1H3. The van der Waals surface area contributed by atoms with Crippen LogP contribution in [0.3, 0.4) is 0 Å². The van der Waals surface area contributed by atoms with E-state index in [0.717, 1.165) is 52.9 Å². The summed E-state index contributed by atoms with van der Waals surface area (Å²) < 4.78 is 19.7. The number of aryl methyl sites for hydroxylation is 1. The lowest BCUT2D eigenvalue weighted by Crippen LogP contribution is -1.94. The van der Waals surface area contributed by atoms with Crippen molar-refractivity contribution in [3.63, 3.8) is 0 Å². The molecule has 0 saturated carbocycles. The van der Waals surface area contributed by atoms with Gasteiger partial charge >= 0.3 is 0 Å². The summed E-state index contributed by atoms with van der Waals surface area (Å²) in [4.78, 5) is 3.82. The van der Waals surface area contributed by atoms with Crippen LogP contribution in [0.2, 0.25) is 0 Å². The molecule has 0 atom stereocenters. The molecule has 5 aromatic rings. The van der Waals surface area contributed by atoms with Crippen LogP contribution in [0.1, 0.15) is 23.8 Å². The Hall–Kier alpha value is -4.51. The van der Waals surface area contributed by atoms with Crippen molar-refractivity contribution >= 4 is 66.6 Å². The summed E-state index contributed by atoms with van der Waals surface area (Å²) in [5.41, 5.74) is 3.15. The number of halogens is 1. The molecule has 0 unspecified atom stereocenters. The molecule has 0 radical (unpaired) electrons. The van der Waals surface area contributed by atoms with Crippen molar-refractivity contribution in [2.45, 2.75) is 19.9 Å². The third-order valence-electron chi connectivity index (χ3n) is 5.87. The fraction of sp³-hybridized carbons (Fsp3) is 0.103. The molecule has 0 N–H and O–H groups in total. The highest BCUT2D eigenvalue weighted by Crippen LogP contribution is 2.46. The lowest BCUT2D eigenvalue weighted by Gasteiger charge is -2.04. The minimum Gasteiger partial charge on any atom is -0.339 e. The van der Waals surface area contributed by atoms with Crippen molar-refractivity contribution in [1.82, 2.24) is 4.57 Å². The van der Waals surface area contributed by atoms with E-state index in [4.69, 9.17) is 21.0 Å². The van der Waals surface area contributed by atoms with E-state index in [-0.39, 0.29) is 11.1 Å². The molecule has 4 aromatic heterocycles. The van der Waals surface area contributed by atoms with Gasteiger partial charge in [-0.25, -0.2) is 4.39 Å². The van der Waals surface area contributed by atoms with Crippen LogP contribution in [0.4, 0.5) is 4.39 Å². The smallest absolute Gasteiger partial charge is 0.132 e. The Morgan fingerprint density at radius 1 is 0.789 bits per heavy atom. The predicted octanol–water partition coefficient (Wildman–Crippen LogP) is 8.72. The number of hydrogen-bond donors (Lipinski definition) is 0. The van der Waals surface area contributed by atoms with Crippen molar-refractivity contribution < 1.29 is 4.39 Å². The van der Waals surface area contributed by atoms with Crippen LogP contribution in [0, 0.1) is 51.1 Å². The SMILES string of the molecule is CCCn1c2cc(-c3ccc(C=C(C#N)C#N)s3)sc2c2sc(-c3ccc(C=C(C#N)C#N)cc3F)cc21. The van der Waals surface area contributed by atoms with Crippen LogP contribution in [-0.2, 0) is 6.54 Å². The maximum Gasteiger partial charge on any atom is 0.132 e. The molecule has 0 saturated heterocycles. The molecule has 0 fully saturated rings. The van der Waals surface area contributed by atoms with E-state index in [2.05, 4.69) is 17.6 Å². The van der Waals surface area contributed by atoms with E-state index in [9.17, 15) is 0 Å². The molecule has 5 rings (SSSR count). The molecule has 1 aromatic carbocycles. The van der Waals surface area contributed by atoms with Gasteiger partial charge in [-0.2, -0.15) is 21.0 Å². The van der Waals surface area contributed by atoms with Crippen LogP contribution < -0.4 is 0 Å². The number of nitriles is 4. The highest BCUT2D eigenvalue weighted by Gasteiger charge is 2.20. The number of fused-ring (bicyclic) bond motifs is 3. The number of benzene rings is 1. The third kappa shape index (κ3) is 4.52. The Morgan fingerprint density at radius 3 is 2.05 bits per heavy atom. The average Bonchev–Trinajstić information content (AvgIpc) is 3.70. The molecule has 0 amide bonds. The monoisotopic (exact) mass is 549 g/mol. The fourth-order valence-corrected chi connectivity index (χ4v) is 7.74. The lowest BCUT2D eigenvalue weighted by atomic mass is 10.1. The summed E-state index contributed by atoms with van der Waals surface area (Å²) in [5.74, 6) is -0.406. The van der Waals surface area contributed by atoms with Crippen LogP contribution in [0.5, 0.6) is 0 Å². The molecule has 0 spiro atoms. The van der Waals surface area contributed by atoms with Crippen molar-refractivity contribution in [2.75, 3.05) is 0 Å². The first-order valence-corrected chi connectivity index (χ1v) is 13.9. The summed E-state index contributed by atoms with van der Waals surface area (Å²) >= 11 is 4.77. The van der Waals surface area contributed by atoms with E-state index in [1.165, 1.54) is 23.5 Å². The van der Waals surface area contributed by atoms with Gasteiger partial charge in [0.05, 0.1) is 20.4 Å². The molecule has 182 valence electrons. The normalized spacial score (nSPS) is 10.5. The van der Waals surface area contributed by atoms with Crippen molar-refractivity contribution in [1.29, 1.82) is 21.0 Å². The van der Waals surface area contributed by atoms with Gasteiger partial charge < -0.3 is 4.57 Å². The Kier molecular flexibility index (Phi) is 6.93. The fourth-order valence-electron chi connectivity index (χ4n) is 4.21. The average molecular weight is 550 g/mol. The highest BCUT2D eigenvalue weighted by atomic mass is 32.1. The van der Waals surface area contributed by atoms with Gasteiger partial charge in [0.1, 0.15) is 41.2 Å². The Labute approximate surface area is 230 Å². The highest BCUT2D eigenvalue weighted by molar-refractivity contribution is 7.31. The van der Waals surface area contributed by atoms with Gasteiger partial charge in [0.15, 0.2) is 0 Å². The predicted molar refractivity (Wildman–Crippen MR) is 153 cm³/mol. The zero-order valence-electron chi connectivity index (χ0n) is 19.9. The summed E-state index contributed by atoms with van der Waals surface area (Å²) in [6, 6.07) is 20.3. The molecule has 0 aliphatic rings. The van der Waals surface area contributed by atoms with Gasteiger partial charge in [0.25, 0.3) is 0 Å². The summed E-state index contributed by atoms with van der Waals surface area (Å²) in [6.07, 6.45) is 3.92. The minimum atomic E-state index is -0.406. The molecule has 0 aliphatic carbocycles. The van der Waals surface area contributed by atoms with Crippen LogP contribution >= 0.6 is 34.0 Å². The zero-order valence-corrected chi connectivity index (χ0v) is 22.4. The zero-order chi connectivity index (χ0) is 26.8. The Morgan fingerprint density at radius 2 is 1.42 bits per heavy atom. The van der Waals surface area contributed by atoms with E-state index < -0.39 is 5.82 Å². The van der Waals surface area contributed by atoms with Crippen molar-refractivity contribution in [2.24, 2.45) is 0 Å². The second kappa shape index (κ2) is 10.5. The molecule has 5 nitrogen and oxygen atoms in total. The second-order valence-electron chi connectivity index (χ2n) is 8.31. The molecule has 4 heterocycles. The maximum absolute atomic E-state index is 15.1. The number of nitrogens with zero attached hydrogens (tertiary/aromatic N) is 5. The van der Waals surface area contributed by atoms with Crippen LogP contribution in [-0.4, -0.2) is 4.57 Å². The molecular weight excluding hydrogens is 534 g/mol. The molecule has 38 heavy (non-hydrogen) atoms. The first-order valence-electron chi connectivity index (χ1n) is 11.5. The third-order valence-corrected chi connectivity index (χ3v) is 9.54. The minimum absolute atomic E-state index is 0.0730. The number of aromatic nitrogens is 1.